The molecule has 0 fully saturated rings. The lowest BCUT2D eigenvalue weighted by Gasteiger charge is -2.03. The van der Waals surface area contributed by atoms with Crippen LogP contribution in [0.4, 0.5) is 0 Å². The number of amides is 1. The van der Waals surface area contributed by atoms with E-state index in [2.05, 4.69) is 15.3 Å². The predicted octanol–water partition coefficient (Wildman–Crippen LogP) is 3.51. The van der Waals surface area contributed by atoms with Crippen LogP contribution in [-0.2, 0) is 6.54 Å². The molecule has 3 rings (SSSR count). The van der Waals surface area contributed by atoms with Gasteiger partial charge in [-0.1, -0.05) is 6.07 Å². The maximum Gasteiger partial charge on any atom is 0.263 e. The number of thiazole rings is 1. The molecule has 3 aromatic rings. The number of thiophene rings is 1. The van der Waals surface area contributed by atoms with Gasteiger partial charge in [-0.25, -0.2) is 4.98 Å². The molecule has 0 bridgehead atoms. The van der Waals surface area contributed by atoms with Crippen molar-refractivity contribution in [3.63, 3.8) is 0 Å². The molecule has 1 amide bonds. The predicted molar refractivity (Wildman–Crippen MR) is 85.6 cm³/mol. The number of nitrogens with zero attached hydrogens (tertiary/aromatic N) is 2. The van der Waals surface area contributed by atoms with Crippen LogP contribution in [0, 0.1) is 6.92 Å². The van der Waals surface area contributed by atoms with E-state index in [-0.39, 0.29) is 5.91 Å². The van der Waals surface area contributed by atoms with Crippen molar-refractivity contribution in [2.75, 3.05) is 0 Å². The minimum atomic E-state index is -0.0791. The molecule has 1 N–H and O–H groups in total. The topological polar surface area (TPSA) is 54.9 Å². The molecule has 0 radical (unpaired) electrons. The summed E-state index contributed by atoms with van der Waals surface area (Å²) in [5, 5.41) is 5.83. The Kier molecular flexibility index (Phi) is 4.08. The van der Waals surface area contributed by atoms with Crippen molar-refractivity contribution in [1.29, 1.82) is 0 Å². The van der Waals surface area contributed by atoms with Gasteiger partial charge in [0.2, 0.25) is 0 Å². The fourth-order valence-corrected chi connectivity index (χ4v) is 3.66. The highest BCUT2D eigenvalue weighted by Crippen LogP contribution is 2.30. The van der Waals surface area contributed by atoms with Gasteiger partial charge in [-0.15, -0.1) is 22.7 Å². The molecule has 106 valence electrons. The summed E-state index contributed by atoms with van der Waals surface area (Å²) in [6.45, 7) is 2.36. The van der Waals surface area contributed by atoms with Gasteiger partial charge in [-0.2, -0.15) is 0 Å². The van der Waals surface area contributed by atoms with E-state index in [1.807, 2.05) is 36.6 Å². The Morgan fingerprint density at radius 2 is 2.10 bits per heavy atom. The van der Waals surface area contributed by atoms with Gasteiger partial charge >= 0.3 is 0 Å². The van der Waals surface area contributed by atoms with E-state index in [4.69, 9.17) is 0 Å². The summed E-state index contributed by atoms with van der Waals surface area (Å²) in [6, 6.07) is 7.77. The lowest BCUT2D eigenvalue weighted by Crippen LogP contribution is -2.22. The van der Waals surface area contributed by atoms with Gasteiger partial charge < -0.3 is 5.32 Å². The fourth-order valence-electron chi connectivity index (χ4n) is 1.88. The Morgan fingerprint density at radius 1 is 1.29 bits per heavy atom. The van der Waals surface area contributed by atoms with Gasteiger partial charge in [0.05, 0.1) is 10.6 Å². The molecular formula is C15H13N3OS2. The molecule has 4 nitrogen and oxygen atoms in total. The van der Waals surface area contributed by atoms with E-state index in [1.165, 1.54) is 11.3 Å². The molecule has 3 aromatic heterocycles. The maximum atomic E-state index is 12.3. The summed E-state index contributed by atoms with van der Waals surface area (Å²) >= 11 is 3.06. The number of aromatic nitrogens is 2. The van der Waals surface area contributed by atoms with Crippen LogP contribution in [0.3, 0.4) is 0 Å². The fraction of sp³-hybridized carbons (Fsp3) is 0.133. The normalized spacial score (nSPS) is 10.5. The Hall–Kier alpha value is -2.05. The van der Waals surface area contributed by atoms with E-state index < -0.39 is 0 Å². The first-order valence-electron chi connectivity index (χ1n) is 6.42. The summed E-state index contributed by atoms with van der Waals surface area (Å²) in [4.78, 5) is 22.5. The van der Waals surface area contributed by atoms with Crippen LogP contribution in [0.15, 0.2) is 42.0 Å². The summed E-state index contributed by atoms with van der Waals surface area (Å²) in [7, 11) is 0. The number of carbonyl (C=O) groups excluding carboxylic acids is 1. The number of nitrogens with one attached hydrogen (secondary N) is 1. The Morgan fingerprint density at radius 3 is 2.81 bits per heavy atom. The van der Waals surface area contributed by atoms with Gasteiger partial charge in [-0.3, -0.25) is 9.78 Å². The first-order chi connectivity index (χ1) is 10.2. The number of rotatable bonds is 4. The molecule has 0 aliphatic carbocycles. The first kappa shape index (κ1) is 13.9. The van der Waals surface area contributed by atoms with Crippen LogP contribution >= 0.6 is 22.7 Å². The molecule has 0 atom stereocenters. The molecule has 0 saturated carbocycles. The number of hydrogen-bond donors (Lipinski definition) is 1. The van der Waals surface area contributed by atoms with Crippen LogP contribution in [0.1, 0.15) is 20.9 Å². The van der Waals surface area contributed by atoms with Gasteiger partial charge in [0.15, 0.2) is 0 Å². The third-order valence-corrected chi connectivity index (χ3v) is 5.13. The molecule has 0 aliphatic rings. The first-order valence-corrected chi connectivity index (χ1v) is 8.12. The zero-order valence-electron chi connectivity index (χ0n) is 11.4. The summed E-state index contributed by atoms with van der Waals surface area (Å²) < 4.78 is 0. The quantitative estimate of drug-likeness (QED) is 0.801. The zero-order valence-corrected chi connectivity index (χ0v) is 13.0. The lowest BCUT2D eigenvalue weighted by atomic mass is 10.2. The minimum Gasteiger partial charge on any atom is -0.347 e. The van der Waals surface area contributed by atoms with Crippen molar-refractivity contribution < 1.29 is 4.79 Å². The number of carbonyl (C=O) groups is 1. The van der Waals surface area contributed by atoms with Crippen molar-refractivity contribution >= 4 is 28.6 Å². The highest BCUT2D eigenvalue weighted by molar-refractivity contribution is 7.22. The van der Waals surface area contributed by atoms with Crippen molar-refractivity contribution in [1.82, 2.24) is 15.3 Å². The largest absolute Gasteiger partial charge is 0.347 e. The highest BCUT2D eigenvalue weighted by Gasteiger charge is 2.16. The minimum absolute atomic E-state index is 0.0791. The number of aryl methyl sites for hydroxylation is 1. The van der Waals surface area contributed by atoms with E-state index in [0.29, 0.717) is 11.4 Å². The average molecular weight is 315 g/mol. The SMILES string of the molecule is Cc1nc(-c2cccs2)sc1C(=O)NCc1ccncc1. The zero-order chi connectivity index (χ0) is 14.7. The molecule has 6 heteroatoms. The highest BCUT2D eigenvalue weighted by atomic mass is 32.1. The van der Waals surface area contributed by atoms with E-state index in [0.717, 1.165) is 21.1 Å². The molecule has 3 heterocycles. The van der Waals surface area contributed by atoms with Crippen LogP contribution < -0.4 is 5.32 Å². The van der Waals surface area contributed by atoms with Gasteiger partial charge in [0, 0.05) is 18.9 Å². The van der Waals surface area contributed by atoms with E-state index in [9.17, 15) is 4.79 Å². The third kappa shape index (κ3) is 3.17. The average Bonchev–Trinajstić information content (AvgIpc) is 3.15. The molecule has 0 aromatic carbocycles. The van der Waals surface area contributed by atoms with Crippen molar-refractivity contribution in [2.45, 2.75) is 13.5 Å². The van der Waals surface area contributed by atoms with Crippen molar-refractivity contribution in [3.05, 3.63) is 58.2 Å². The summed E-state index contributed by atoms with van der Waals surface area (Å²) in [6.07, 6.45) is 3.43. The smallest absolute Gasteiger partial charge is 0.263 e. The third-order valence-electron chi connectivity index (χ3n) is 2.94. The van der Waals surface area contributed by atoms with Crippen LogP contribution in [-0.4, -0.2) is 15.9 Å². The standard InChI is InChI=1S/C15H13N3OS2/c1-10-13(21-15(18-10)12-3-2-8-20-12)14(19)17-9-11-4-6-16-7-5-11/h2-8H,9H2,1H3,(H,17,19). The molecule has 21 heavy (non-hydrogen) atoms. The Labute approximate surface area is 130 Å². The maximum absolute atomic E-state index is 12.3. The van der Waals surface area contributed by atoms with Crippen LogP contribution in [0.2, 0.25) is 0 Å². The second-order valence-corrected chi connectivity index (χ2v) is 6.40. The second kappa shape index (κ2) is 6.15. The Bertz CT molecular complexity index is 736. The Balaban J connectivity index is 1.73. The van der Waals surface area contributed by atoms with Crippen molar-refractivity contribution in [3.8, 4) is 9.88 Å². The molecule has 0 saturated heterocycles. The summed E-state index contributed by atoms with van der Waals surface area (Å²) in [5.41, 5.74) is 1.80. The lowest BCUT2D eigenvalue weighted by molar-refractivity contribution is 0.0954. The second-order valence-electron chi connectivity index (χ2n) is 4.45. The van der Waals surface area contributed by atoms with Crippen molar-refractivity contribution in [2.24, 2.45) is 0 Å². The van der Waals surface area contributed by atoms with Crippen LogP contribution in [0.25, 0.3) is 9.88 Å². The monoisotopic (exact) mass is 315 g/mol. The number of hydrogen-bond acceptors (Lipinski definition) is 5. The van der Waals surface area contributed by atoms with Gasteiger partial charge in [0.25, 0.3) is 5.91 Å². The molecule has 0 spiro atoms. The number of pyridine rings is 1. The molecule has 0 aliphatic heterocycles. The van der Waals surface area contributed by atoms with Gasteiger partial charge in [-0.05, 0) is 36.1 Å². The molecule has 0 unspecified atom stereocenters. The van der Waals surface area contributed by atoms with E-state index in [1.54, 1.807) is 23.7 Å². The molecular weight excluding hydrogens is 302 g/mol. The van der Waals surface area contributed by atoms with Gasteiger partial charge in [0.1, 0.15) is 9.88 Å². The van der Waals surface area contributed by atoms with E-state index >= 15 is 0 Å². The van der Waals surface area contributed by atoms with Crippen LogP contribution in [0.5, 0.6) is 0 Å². The summed E-state index contributed by atoms with van der Waals surface area (Å²) in [5.74, 6) is -0.0791.